The first-order valence-corrected chi connectivity index (χ1v) is 8.16. The van der Waals surface area contributed by atoms with Crippen molar-refractivity contribution >= 4 is 11.8 Å². The molecule has 1 aliphatic heterocycles. The number of amides is 1. The zero-order valence-corrected chi connectivity index (χ0v) is 14.4. The zero-order valence-electron chi connectivity index (χ0n) is 14.4. The van der Waals surface area contributed by atoms with Gasteiger partial charge in [-0.1, -0.05) is 6.08 Å². The van der Waals surface area contributed by atoms with Gasteiger partial charge in [-0.3, -0.25) is 4.98 Å². The number of hydrogen-bond acceptors (Lipinski definition) is 4. The number of rotatable bonds is 4. The van der Waals surface area contributed by atoms with Crippen LogP contribution in [0.25, 0.3) is 0 Å². The van der Waals surface area contributed by atoms with Gasteiger partial charge in [-0.05, 0) is 45.7 Å². The van der Waals surface area contributed by atoms with Gasteiger partial charge in [-0.2, -0.15) is 0 Å². The molecule has 1 saturated heterocycles. The highest BCUT2D eigenvalue weighted by Gasteiger charge is 2.29. The summed E-state index contributed by atoms with van der Waals surface area (Å²) in [6, 6.07) is 4.40. The molecule has 5 nitrogen and oxygen atoms in total. The third-order valence-corrected chi connectivity index (χ3v) is 3.86. The second-order valence-corrected chi connectivity index (χ2v) is 6.85. The van der Waals surface area contributed by atoms with Crippen LogP contribution in [-0.4, -0.2) is 47.3 Å². The van der Waals surface area contributed by atoms with Crippen LogP contribution in [0.5, 0.6) is 0 Å². The van der Waals surface area contributed by atoms with Gasteiger partial charge in [-0.15, -0.1) is 6.58 Å². The van der Waals surface area contributed by atoms with Gasteiger partial charge in [0.05, 0.1) is 11.9 Å². The second kappa shape index (κ2) is 7.49. The topological polar surface area (TPSA) is 45.7 Å². The van der Waals surface area contributed by atoms with E-state index in [-0.39, 0.29) is 6.09 Å². The Kier molecular flexibility index (Phi) is 5.64. The summed E-state index contributed by atoms with van der Waals surface area (Å²) in [7, 11) is 0. The van der Waals surface area contributed by atoms with Crippen molar-refractivity contribution in [2.75, 3.05) is 24.5 Å². The van der Waals surface area contributed by atoms with Crippen LogP contribution in [0.2, 0.25) is 0 Å². The van der Waals surface area contributed by atoms with Crippen LogP contribution in [-0.2, 0) is 4.74 Å². The monoisotopic (exact) mass is 317 g/mol. The molecule has 0 aromatic carbocycles. The van der Waals surface area contributed by atoms with E-state index in [4.69, 9.17) is 4.74 Å². The van der Waals surface area contributed by atoms with Crippen LogP contribution >= 0.6 is 0 Å². The lowest BCUT2D eigenvalue weighted by Crippen LogP contribution is -2.48. The van der Waals surface area contributed by atoms with Crippen molar-refractivity contribution in [2.24, 2.45) is 0 Å². The second-order valence-electron chi connectivity index (χ2n) is 6.85. The molecule has 1 fully saturated rings. The molecular formula is C18H27N3O2. The number of likely N-dealkylation sites (tertiary alicyclic amines) is 1. The fourth-order valence-corrected chi connectivity index (χ4v) is 2.81. The van der Waals surface area contributed by atoms with Crippen LogP contribution in [0.3, 0.4) is 0 Å². The van der Waals surface area contributed by atoms with Crippen molar-refractivity contribution in [1.29, 1.82) is 0 Å². The fraction of sp³-hybridized carbons (Fsp3) is 0.556. The van der Waals surface area contributed by atoms with Crippen molar-refractivity contribution in [3.63, 3.8) is 0 Å². The van der Waals surface area contributed by atoms with Crippen molar-refractivity contribution in [1.82, 2.24) is 9.88 Å². The third kappa shape index (κ3) is 4.98. The number of hydrogen-bond donors (Lipinski definition) is 0. The van der Waals surface area contributed by atoms with Gasteiger partial charge in [0.2, 0.25) is 0 Å². The van der Waals surface area contributed by atoms with E-state index in [1.807, 2.05) is 39.1 Å². The smallest absolute Gasteiger partial charge is 0.410 e. The molecule has 0 atom stereocenters. The highest BCUT2D eigenvalue weighted by atomic mass is 16.6. The molecule has 0 radical (unpaired) electrons. The molecule has 0 unspecified atom stereocenters. The molecule has 2 heterocycles. The van der Waals surface area contributed by atoms with E-state index in [9.17, 15) is 4.79 Å². The standard InChI is InChI=1S/C18H27N3O2/c1-5-11-21(16-7-6-10-19-14-16)15-8-12-20(13-9-15)17(22)23-18(2,3)4/h5-7,10,14-15H,1,8-9,11-13H2,2-4H3. The first kappa shape index (κ1) is 17.3. The van der Waals surface area contributed by atoms with Gasteiger partial charge in [-0.25, -0.2) is 4.79 Å². The van der Waals surface area contributed by atoms with Gasteiger partial charge in [0.25, 0.3) is 0 Å². The van der Waals surface area contributed by atoms with Crippen LogP contribution in [0, 0.1) is 0 Å². The first-order chi connectivity index (χ1) is 10.9. The van der Waals surface area contributed by atoms with Crippen LogP contribution in [0.15, 0.2) is 37.2 Å². The minimum absolute atomic E-state index is 0.215. The SMILES string of the molecule is C=CCN(c1cccnc1)C1CCN(C(=O)OC(C)(C)C)CC1. The van der Waals surface area contributed by atoms with E-state index >= 15 is 0 Å². The van der Waals surface area contributed by atoms with Crippen molar-refractivity contribution in [2.45, 2.75) is 45.3 Å². The number of pyridine rings is 1. The molecule has 1 amide bonds. The van der Waals surface area contributed by atoms with Gasteiger partial charge in [0.1, 0.15) is 5.60 Å². The molecule has 0 aliphatic carbocycles. The molecule has 0 bridgehead atoms. The van der Waals surface area contributed by atoms with Crippen LogP contribution < -0.4 is 4.90 Å². The molecule has 1 aliphatic rings. The largest absolute Gasteiger partial charge is 0.444 e. The zero-order chi connectivity index (χ0) is 16.9. The molecule has 126 valence electrons. The third-order valence-electron chi connectivity index (χ3n) is 3.86. The summed E-state index contributed by atoms with van der Waals surface area (Å²) >= 11 is 0. The van der Waals surface area contributed by atoms with Crippen LogP contribution in [0.1, 0.15) is 33.6 Å². The lowest BCUT2D eigenvalue weighted by atomic mass is 10.0. The predicted molar refractivity (Wildman–Crippen MR) is 92.6 cm³/mol. The Bertz CT molecular complexity index is 517. The van der Waals surface area contributed by atoms with E-state index in [2.05, 4.69) is 22.5 Å². The quantitative estimate of drug-likeness (QED) is 0.798. The summed E-state index contributed by atoms with van der Waals surface area (Å²) in [6.07, 6.45) is 7.19. The minimum Gasteiger partial charge on any atom is -0.444 e. The van der Waals surface area contributed by atoms with E-state index in [1.165, 1.54) is 0 Å². The van der Waals surface area contributed by atoms with Crippen molar-refractivity contribution in [3.8, 4) is 0 Å². The highest BCUT2D eigenvalue weighted by molar-refractivity contribution is 5.68. The molecule has 2 rings (SSSR count). The molecule has 1 aromatic heterocycles. The molecule has 0 saturated carbocycles. The summed E-state index contributed by atoms with van der Waals surface area (Å²) in [5.41, 5.74) is 0.654. The van der Waals surface area contributed by atoms with Crippen LogP contribution in [0.4, 0.5) is 10.5 Å². The number of anilines is 1. The van der Waals surface area contributed by atoms with Gasteiger partial charge in [0, 0.05) is 31.9 Å². The average molecular weight is 317 g/mol. The van der Waals surface area contributed by atoms with E-state index < -0.39 is 5.60 Å². The number of carbonyl (C=O) groups excluding carboxylic acids is 1. The van der Waals surface area contributed by atoms with Gasteiger partial charge >= 0.3 is 6.09 Å². The molecule has 0 N–H and O–H groups in total. The predicted octanol–water partition coefficient (Wildman–Crippen LogP) is 3.47. The van der Waals surface area contributed by atoms with E-state index in [1.54, 1.807) is 11.1 Å². The summed E-state index contributed by atoms with van der Waals surface area (Å²) in [5, 5.41) is 0. The summed E-state index contributed by atoms with van der Waals surface area (Å²) in [6.45, 7) is 11.8. The van der Waals surface area contributed by atoms with Crippen molar-refractivity contribution < 1.29 is 9.53 Å². The number of piperidine rings is 1. The van der Waals surface area contributed by atoms with E-state index in [0.717, 1.165) is 25.1 Å². The Hall–Kier alpha value is -2.04. The minimum atomic E-state index is -0.446. The number of carbonyl (C=O) groups is 1. The molecular weight excluding hydrogens is 290 g/mol. The fourth-order valence-electron chi connectivity index (χ4n) is 2.81. The first-order valence-electron chi connectivity index (χ1n) is 8.16. The summed E-state index contributed by atoms with van der Waals surface area (Å²) in [5.74, 6) is 0. The average Bonchev–Trinajstić information content (AvgIpc) is 2.52. The Balaban J connectivity index is 1.96. The lowest BCUT2D eigenvalue weighted by Gasteiger charge is -2.39. The molecule has 23 heavy (non-hydrogen) atoms. The Morgan fingerprint density at radius 3 is 2.70 bits per heavy atom. The normalized spacial score (nSPS) is 16.0. The summed E-state index contributed by atoms with van der Waals surface area (Å²) in [4.78, 5) is 20.5. The van der Waals surface area contributed by atoms with Gasteiger partial charge < -0.3 is 14.5 Å². The molecule has 1 aromatic rings. The van der Waals surface area contributed by atoms with E-state index in [0.29, 0.717) is 19.1 Å². The summed E-state index contributed by atoms with van der Waals surface area (Å²) < 4.78 is 5.45. The lowest BCUT2D eigenvalue weighted by molar-refractivity contribution is 0.0205. The number of ether oxygens (including phenoxy) is 1. The maximum atomic E-state index is 12.1. The molecule has 0 spiro atoms. The van der Waals surface area contributed by atoms with Crippen molar-refractivity contribution in [3.05, 3.63) is 37.2 Å². The maximum Gasteiger partial charge on any atom is 0.410 e. The maximum absolute atomic E-state index is 12.1. The number of nitrogens with zero attached hydrogens (tertiary/aromatic N) is 3. The Morgan fingerprint density at radius 2 is 2.17 bits per heavy atom. The number of aromatic nitrogens is 1. The Morgan fingerprint density at radius 1 is 1.48 bits per heavy atom. The molecule has 5 heteroatoms. The highest BCUT2D eigenvalue weighted by Crippen LogP contribution is 2.24. The Labute approximate surface area is 138 Å². The van der Waals surface area contributed by atoms with Gasteiger partial charge in [0.15, 0.2) is 0 Å².